The molecule has 6 rings (SSSR count). The first-order valence-electron chi connectivity index (χ1n) is 9.69. The highest BCUT2D eigenvalue weighted by Gasteiger charge is 2.54. The van der Waals surface area contributed by atoms with Gasteiger partial charge in [0.05, 0.1) is 25.7 Å². The predicted molar refractivity (Wildman–Crippen MR) is 109 cm³/mol. The second-order valence-electron chi connectivity index (χ2n) is 8.76. The molecule has 6 nitrogen and oxygen atoms in total. The third-order valence-corrected chi connectivity index (χ3v) is 9.32. The number of aromatic hydroxyl groups is 1. The van der Waals surface area contributed by atoms with Crippen molar-refractivity contribution >= 4 is 45.0 Å². The van der Waals surface area contributed by atoms with E-state index >= 15 is 0 Å². The van der Waals surface area contributed by atoms with E-state index in [2.05, 4.69) is 4.98 Å². The molecule has 0 unspecified atom stereocenters. The topological polar surface area (TPSA) is 113 Å². The molecule has 1 amide bonds. The van der Waals surface area contributed by atoms with E-state index in [1.165, 1.54) is 42.4 Å². The van der Waals surface area contributed by atoms with Crippen LogP contribution in [-0.2, 0) is 4.79 Å². The monoisotopic (exact) mass is 418 g/mol. The number of aromatic amines is 1. The molecule has 2 aromatic rings. The van der Waals surface area contributed by atoms with Crippen LogP contribution in [0.4, 0.5) is 0 Å². The number of ketones is 1. The first-order valence-corrected chi connectivity index (χ1v) is 11.5. The van der Waals surface area contributed by atoms with Gasteiger partial charge >= 0.3 is 0 Å². The highest BCUT2D eigenvalue weighted by atomic mass is 32.2. The molecule has 2 heterocycles. The molecule has 4 aliphatic carbocycles. The number of Topliss-reactive ketones (excluding diaryl/α,β-unsaturated/α-hetero) is 1. The Hall–Kier alpha value is -1.80. The maximum absolute atomic E-state index is 13.2. The number of nitrogens with one attached hydrogen (secondary N) is 1. The van der Waals surface area contributed by atoms with Crippen LogP contribution in [0.1, 0.15) is 48.9 Å². The SMILES string of the molecule is NC(=O)c1c(SCC(=O)C23CC4CC(CC(C4)C2)C3)sc2c(O)cc(=O)[nH]c12. The number of hydrogen-bond acceptors (Lipinski definition) is 6. The summed E-state index contributed by atoms with van der Waals surface area (Å²) in [6, 6.07) is 1.08. The first kappa shape index (κ1) is 18.2. The van der Waals surface area contributed by atoms with Gasteiger partial charge in [-0.05, 0) is 56.3 Å². The molecular weight excluding hydrogens is 396 g/mol. The zero-order chi connectivity index (χ0) is 19.6. The minimum Gasteiger partial charge on any atom is -0.506 e. The zero-order valence-corrected chi connectivity index (χ0v) is 17.0. The van der Waals surface area contributed by atoms with Crippen molar-refractivity contribution < 1.29 is 14.7 Å². The maximum atomic E-state index is 13.2. The quantitative estimate of drug-likeness (QED) is 0.645. The van der Waals surface area contributed by atoms with Gasteiger partial charge in [0.1, 0.15) is 11.5 Å². The summed E-state index contributed by atoms with van der Waals surface area (Å²) in [5.74, 6) is 1.84. The number of pyridine rings is 1. The zero-order valence-electron chi connectivity index (χ0n) is 15.3. The van der Waals surface area contributed by atoms with E-state index in [-0.39, 0.29) is 28.0 Å². The summed E-state index contributed by atoms with van der Waals surface area (Å²) in [7, 11) is 0. The molecule has 28 heavy (non-hydrogen) atoms. The number of H-pyrrole nitrogens is 1. The van der Waals surface area contributed by atoms with E-state index in [1.54, 1.807) is 0 Å². The van der Waals surface area contributed by atoms with Crippen LogP contribution < -0.4 is 11.3 Å². The standard InChI is InChI=1S/C20H22N2O4S2/c21-18(26)15-16-17(12(23)4-14(25)22-16)28-19(15)27-8-13(24)20-5-9-1-10(6-20)3-11(2-9)7-20/h4,9-11H,1-3,5-8H2,(H2,21,26)(H2,22,23,25). The van der Waals surface area contributed by atoms with Crippen molar-refractivity contribution in [2.24, 2.45) is 28.9 Å². The number of hydrogen-bond donors (Lipinski definition) is 3. The average molecular weight is 419 g/mol. The molecule has 148 valence electrons. The average Bonchev–Trinajstić information content (AvgIpc) is 2.97. The number of nitrogens with two attached hydrogens (primary N) is 1. The van der Waals surface area contributed by atoms with Crippen LogP contribution in [-0.4, -0.2) is 27.5 Å². The van der Waals surface area contributed by atoms with Crippen molar-refractivity contribution in [3.8, 4) is 5.75 Å². The van der Waals surface area contributed by atoms with Gasteiger partial charge in [0.2, 0.25) is 0 Å². The summed E-state index contributed by atoms with van der Waals surface area (Å²) in [5, 5.41) is 10.1. The number of amides is 1. The number of carbonyl (C=O) groups is 2. The van der Waals surface area contributed by atoms with Crippen molar-refractivity contribution in [1.29, 1.82) is 0 Å². The Morgan fingerprint density at radius 3 is 2.39 bits per heavy atom. The fourth-order valence-corrected chi connectivity index (χ4v) is 8.61. The first-order chi connectivity index (χ1) is 13.3. The van der Waals surface area contributed by atoms with Crippen molar-refractivity contribution in [1.82, 2.24) is 4.98 Å². The highest BCUT2D eigenvalue weighted by molar-refractivity contribution is 8.02. The highest BCUT2D eigenvalue weighted by Crippen LogP contribution is 2.60. The van der Waals surface area contributed by atoms with Gasteiger partial charge in [0.15, 0.2) is 0 Å². The molecule has 0 spiro atoms. The van der Waals surface area contributed by atoms with E-state index < -0.39 is 11.5 Å². The lowest BCUT2D eigenvalue weighted by atomic mass is 9.48. The van der Waals surface area contributed by atoms with Crippen molar-refractivity contribution in [3.05, 3.63) is 22.0 Å². The number of thioether (sulfide) groups is 1. The van der Waals surface area contributed by atoms with Crippen LogP contribution in [0.25, 0.3) is 10.2 Å². The van der Waals surface area contributed by atoms with E-state index in [0.29, 0.717) is 32.4 Å². The third kappa shape index (κ3) is 2.80. The molecule has 0 aromatic carbocycles. The Kier molecular flexibility index (Phi) is 4.14. The summed E-state index contributed by atoms with van der Waals surface area (Å²) in [6.45, 7) is 0. The van der Waals surface area contributed by atoms with Crippen molar-refractivity contribution in [2.75, 3.05) is 5.75 Å². The molecule has 0 saturated heterocycles. The van der Waals surface area contributed by atoms with Gasteiger partial charge in [0.25, 0.3) is 11.5 Å². The number of fused-ring (bicyclic) bond motifs is 1. The van der Waals surface area contributed by atoms with Gasteiger partial charge in [0, 0.05) is 11.5 Å². The second-order valence-corrected chi connectivity index (χ2v) is 11.0. The van der Waals surface area contributed by atoms with Crippen LogP contribution in [0, 0.1) is 23.2 Å². The molecule has 4 aliphatic rings. The van der Waals surface area contributed by atoms with Crippen LogP contribution in [0.5, 0.6) is 5.75 Å². The molecule has 0 radical (unpaired) electrons. The third-order valence-electron chi connectivity index (χ3n) is 6.84. The molecule has 0 atom stereocenters. The number of primary amides is 1. The predicted octanol–water partition coefficient (Wildman–Crippen LogP) is 3.27. The number of thiophene rings is 1. The van der Waals surface area contributed by atoms with Crippen molar-refractivity contribution in [2.45, 2.75) is 42.7 Å². The largest absolute Gasteiger partial charge is 0.506 e. The van der Waals surface area contributed by atoms with Crippen LogP contribution in [0.3, 0.4) is 0 Å². The normalized spacial score (nSPS) is 30.8. The van der Waals surface area contributed by atoms with Gasteiger partial charge < -0.3 is 15.8 Å². The molecule has 4 fully saturated rings. The van der Waals surface area contributed by atoms with Gasteiger partial charge in [-0.1, -0.05) is 0 Å². The summed E-state index contributed by atoms with van der Waals surface area (Å²) in [5.41, 5.74) is 5.32. The minimum atomic E-state index is -0.669. The van der Waals surface area contributed by atoms with E-state index in [0.717, 1.165) is 25.3 Å². The lowest BCUT2D eigenvalue weighted by molar-refractivity contribution is -0.141. The van der Waals surface area contributed by atoms with Gasteiger partial charge in [-0.3, -0.25) is 14.4 Å². The van der Waals surface area contributed by atoms with Gasteiger partial charge in [-0.25, -0.2) is 0 Å². The summed E-state index contributed by atoms with van der Waals surface area (Å²) in [4.78, 5) is 39.5. The molecule has 2 aromatic heterocycles. The maximum Gasteiger partial charge on any atom is 0.252 e. The van der Waals surface area contributed by atoms with Crippen LogP contribution in [0.15, 0.2) is 15.1 Å². The molecule has 4 saturated carbocycles. The Balaban J connectivity index is 1.43. The molecular formula is C20H22N2O4S2. The fourth-order valence-electron chi connectivity index (χ4n) is 6.12. The Morgan fingerprint density at radius 1 is 1.21 bits per heavy atom. The summed E-state index contributed by atoms with van der Waals surface area (Å²) >= 11 is 2.50. The van der Waals surface area contributed by atoms with E-state index in [1.807, 2.05) is 0 Å². The Labute approximate surface area is 169 Å². The summed E-state index contributed by atoms with van der Waals surface area (Å²) < 4.78 is 0.996. The number of rotatable bonds is 5. The number of aromatic nitrogens is 1. The Morgan fingerprint density at radius 2 is 1.82 bits per heavy atom. The molecule has 0 aliphatic heterocycles. The minimum absolute atomic E-state index is 0.175. The lowest BCUT2D eigenvalue weighted by Crippen LogP contribution is -2.50. The van der Waals surface area contributed by atoms with E-state index in [9.17, 15) is 19.5 Å². The smallest absolute Gasteiger partial charge is 0.252 e. The number of carbonyl (C=O) groups excluding carboxylic acids is 2. The summed E-state index contributed by atoms with van der Waals surface area (Å²) in [6.07, 6.45) is 6.90. The second kappa shape index (κ2) is 6.35. The Bertz CT molecular complexity index is 1020. The van der Waals surface area contributed by atoms with Gasteiger partial charge in [-0.15, -0.1) is 23.1 Å². The van der Waals surface area contributed by atoms with E-state index in [4.69, 9.17) is 5.73 Å². The van der Waals surface area contributed by atoms with Crippen LogP contribution in [0.2, 0.25) is 0 Å². The van der Waals surface area contributed by atoms with Crippen LogP contribution >= 0.6 is 23.1 Å². The van der Waals surface area contributed by atoms with Crippen molar-refractivity contribution in [3.63, 3.8) is 0 Å². The van der Waals surface area contributed by atoms with Gasteiger partial charge in [-0.2, -0.15) is 0 Å². The molecule has 4 N–H and O–H groups in total. The molecule has 4 bridgehead atoms. The lowest BCUT2D eigenvalue weighted by Gasteiger charge is -2.56. The molecule has 8 heteroatoms. The fraction of sp³-hybridized carbons (Fsp3) is 0.550.